The van der Waals surface area contributed by atoms with Crippen LogP contribution in [0.3, 0.4) is 0 Å². The summed E-state index contributed by atoms with van der Waals surface area (Å²) in [7, 11) is 0.476. The van der Waals surface area contributed by atoms with Crippen molar-refractivity contribution < 1.29 is 18.6 Å². The quantitative estimate of drug-likeness (QED) is 0.212. The molecule has 230 valence electrons. The second kappa shape index (κ2) is 12.4. The van der Waals surface area contributed by atoms with Crippen molar-refractivity contribution in [1.82, 2.24) is 29.7 Å². The number of hydrogen-bond acceptors (Lipinski definition) is 13. The van der Waals surface area contributed by atoms with Gasteiger partial charge >= 0.3 is 0 Å². The highest BCUT2D eigenvalue weighted by Gasteiger charge is 2.22. The lowest BCUT2D eigenvalue weighted by atomic mass is 10.0. The molecule has 1 saturated heterocycles. The van der Waals surface area contributed by atoms with Gasteiger partial charge in [0.25, 0.3) is 0 Å². The molecule has 0 amide bonds. The highest BCUT2D eigenvalue weighted by Crippen LogP contribution is 2.45. The molecule has 2 N–H and O–H groups in total. The van der Waals surface area contributed by atoms with E-state index in [4.69, 9.17) is 14.0 Å². The summed E-state index contributed by atoms with van der Waals surface area (Å²) in [6.07, 6.45) is 8.28. The molecule has 3 aromatic heterocycles. The average molecular weight is 627 g/mol. The Morgan fingerprint density at radius 3 is 2.56 bits per heavy atom. The van der Waals surface area contributed by atoms with E-state index in [1.165, 1.54) is 25.7 Å². The van der Waals surface area contributed by atoms with Gasteiger partial charge in [-0.25, -0.2) is 9.97 Å². The number of ether oxygens (including phenoxy) is 2. The van der Waals surface area contributed by atoms with Gasteiger partial charge in [0.1, 0.15) is 22.9 Å². The maximum absolute atomic E-state index is 12.7. The van der Waals surface area contributed by atoms with Crippen LogP contribution in [-0.2, 0) is 16.3 Å². The fourth-order valence-corrected chi connectivity index (χ4v) is 5.61. The number of fused-ring (bicyclic) bond motifs is 1. The molecule has 0 radical (unpaired) electrons. The van der Waals surface area contributed by atoms with E-state index in [-0.39, 0.29) is 23.1 Å². The monoisotopic (exact) mass is 626 g/mol. The molecule has 6 rings (SSSR count). The van der Waals surface area contributed by atoms with E-state index >= 15 is 0 Å². The van der Waals surface area contributed by atoms with Gasteiger partial charge in [0.05, 0.1) is 49.6 Å². The van der Waals surface area contributed by atoms with Crippen molar-refractivity contribution >= 4 is 47.2 Å². The van der Waals surface area contributed by atoms with Gasteiger partial charge in [-0.1, -0.05) is 0 Å². The third-order valence-electron chi connectivity index (χ3n) is 7.00. The summed E-state index contributed by atoms with van der Waals surface area (Å²) in [5, 5.41) is 20.7. The van der Waals surface area contributed by atoms with Crippen molar-refractivity contribution in [3.8, 4) is 28.7 Å². The number of methoxy groups -OCH3 is 1. The molecule has 45 heavy (non-hydrogen) atoms. The van der Waals surface area contributed by atoms with Gasteiger partial charge < -0.3 is 29.5 Å². The molecular formula is C30H31N10O4P. The van der Waals surface area contributed by atoms with Gasteiger partial charge in [-0.3, -0.25) is 14.2 Å². The molecule has 0 aliphatic carbocycles. The normalized spacial score (nSPS) is 13.4. The third-order valence-corrected chi connectivity index (χ3v) is 7.62. The highest BCUT2D eigenvalue weighted by atomic mass is 31.2. The molecular weight excluding hydrogens is 595 g/mol. The Bertz CT molecular complexity index is 1960. The molecule has 14 nitrogen and oxygen atoms in total. The Morgan fingerprint density at radius 1 is 1.04 bits per heavy atom. The maximum Gasteiger partial charge on any atom is 0.242 e. The zero-order valence-electron chi connectivity index (χ0n) is 25.2. The summed E-state index contributed by atoms with van der Waals surface area (Å²) in [5.74, 6) is 1.25. The van der Waals surface area contributed by atoms with Crippen LogP contribution in [0, 0.1) is 11.3 Å². The number of nitriles is 1. The largest absolute Gasteiger partial charge is 0.494 e. The van der Waals surface area contributed by atoms with Gasteiger partial charge in [0, 0.05) is 74.9 Å². The van der Waals surface area contributed by atoms with Gasteiger partial charge in [0.2, 0.25) is 13.3 Å². The number of aromatic nitrogens is 6. The lowest BCUT2D eigenvalue weighted by Crippen LogP contribution is -2.36. The Morgan fingerprint density at radius 2 is 1.84 bits per heavy atom. The maximum atomic E-state index is 12.7. The van der Waals surface area contributed by atoms with Gasteiger partial charge in [-0.2, -0.15) is 15.3 Å². The SMILES string of the molecule is COc1cc(N2CCOCC2)c(-c2cnn(C)c2)cc1Nc1ncc(C#N)c(Nc2ccc3nccnc3c2OP(C)(C)=O)n1. The Labute approximate surface area is 259 Å². The predicted molar refractivity (Wildman–Crippen MR) is 171 cm³/mol. The Hall–Kier alpha value is -5.25. The second-order valence-electron chi connectivity index (χ2n) is 10.6. The van der Waals surface area contributed by atoms with Gasteiger partial charge in [-0.05, 0) is 18.2 Å². The molecule has 4 heterocycles. The van der Waals surface area contributed by atoms with E-state index in [9.17, 15) is 9.83 Å². The first-order valence-electron chi connectivity index (χ1n) is 14.1. The van der Waals surface area contributed by atoms with E-state index in [0.717, 1.165) is 29.9 Å². The van der Waals surface area contributed by atoms with E-state index < -0.39 is 7.37 Å². The zero-order chi connectivity index (χ0) is 31.6. The number of morpholine rings is 1. The first kappa shape index (κ1) is 29.8. The number of rotatable bonds is 9. The van der Waals surface area contributed by atoms with Gasteiger partial charge in [0.15, 0.2) is 11.6 Å². The van der Waals surface area contributed by atoms with Crippen LogP contribution in [0.4, 0.5) is 28.8 Å². The minimum Gasteiger partial charge on any atom is -0.494 e. The molecule has 0 saturated carbocycles. The number of nitrogens with zero attached hydrogens (tertiary/aromatic N) is 8. The second-order valence-corrected chi connectivity index (χ2v) is 13.3. The van der Waals surface area contributed by atoms with Crippen LogP contribution in [0.2, 0.25) is 0 Å². The molecule has 1 aliphatic heterocycles. The summed E-state index contributed by atoms with van der Waals surface area (Å²) >= 11 is 0. The predicted octanol–water partition coefficient (Wildman–Crippen LogP) is 4.94. The molecule has 0 bridgehead atoms. The van der Waals surface area contributed by atoms with Crippen molar-refractivity contribution in [2.45, 2.75) is 0 Å². The van der Waals surface area contributed by atoms with Crippen LogP contribution in [-0.4, -0.2) is 76.5 Å². The van der Waals surface area contributed by atoms with Crippen LogP contribution >= 0.6 is 7.37 Å². The number of hydrogen-bond donors (Lipinski definition) is 2. The molecule has 1 aliphatic rings. The van der Waals surface area contributed by atoms with Crippen molar-refractivity contribution in [3.05, 3.63) is 60.8 Å². The third kappa shape index (κ3) is 6.50. The molecule has 1 fully saturated rings. The number of aryl methyl sites for hydroxylation is 1. The van der Waals surface area contributed by atoms with Gasteiger partial charge in [-0.15, -0.1) is 0 Å². The Kier molecular flexibility index (Phi) is 8.21. The smallest absolute Gasteiger partial charge is 0.242 e. The molecule has 15 heteroatoms. The first-order chi connectivity index (χ1) is 21.7. The van der Waals surface area contributed by atoms with Crippen LogP contribution < -0.4 is 24.8 Å². The average Bonchev–Trinajstić information content (AvgIpc) is 3.48. The highest BCUT2D eigenvalue weighted by molar-refractivity contribution is 7.57. The zero-order valence-corrected chi connectivity index (χ0v) is 26.1. The number of anilines is 5. The van der Waals surface area contributed by atoms with E-state index in [1.807, 2.05) is 31.6 Å². The molecule has 0 unspecified atom stereocenters. The molecule has 0 atom stereocenters. The van der Waals surface area contributed by atoms with Crippen molar-refractivity contribution in [2.24, 2.45) is 7.05 Å². The van der Waals surface area contributed by atoms with Crippen LogP contribution in [0.25, 0.3) is 22.2 Å². The fourth-order valence-electron chi connectivity index (χ4n) is 4.98. The van der Waals surface area contributed by atoms with Crippen LogP contribution in [0.5, 0.6) is 11.5 Å². The topological polar surface area (TPSA) is 165 Å². The lowest BCUT2D eigenvalue weighted by Gasteiger charge is -2.31. The van der Waals surface area contributed by atoms with Crippen molar-refractivity contribution in [2.75, 3.05) is 62.3 Å². The summed E-state index contributed by atoms with van der Waals surface area (Å²) < 4.78 is 31.7. The minimum atomic E-state index is -3.00. The van der Waals surface area contributed by atoms with E-state index in [1.54, 1.807) is 30.1 Å². The molecule has 5 aromatic rings. The minimum absolute atomic E-state index is 0.188. The summed E-state index contributed by atoms with van der Waals surface area (Å²) in [6.45, 7) is 5.78. The van der Waals surface area contributed by atoms with E-state index in [0.29, 0.717) is 41.4 Å². The van der Waals surface area contributed by atoms with Crippen molar-refractivity contribution in [3.63, 3.8) is 0 Å². The number of nitrogens with one attached hydrogen (secondary N) is 2. The molecule has 0 spiro atoms. The van der Waals surface area contributed by atoms with Crippen LogP contribution in [0.15, 0.2) is 55.2 Å². The Balaban J connectivity index is 1.39. The molecule has 2 aromatic carbocycles. The lowest BCUT2D eigenvalue weighted by molar-refractivity contribution is 0.122. The first-order valence-corrected chi connectivity index (χ1v) is 16.6. The summed E-state index contributed by atoms with van der Waals surface area (Å²) in [6, 6.07) is 9.54. The standard InChI is InChI=1S/C30H31N10O4P/c1-39-18-20(17-35-39)21-13-24(26(42-2)14-25(21)40-9-11-43-12-10-40)37-30-34-16-19(15-31)29(38-30)36-23-6-5-22-27(33-8-7-32-22)28(23)44-45(3,4)41/h5-8,13-14,16-18H,9-12H2,1-4H3,(H2,34,36,37,38). The van der Waals surface area contributed by atoms with Crippen LogP contribution in [0.1, 0.15) is 5.56 Å². The summed E-state index contributed by atoms with van der Waals surface area (Å²) in [5.41, 5.74) is 5.08. The fraction of sp³-hybridized carbons (Fsp3) is 0.267. The van der Waals surface area contributed by atoms with Crippen molar-refractivity contribution in [1.29, 1.82) is 5.26 Å². The number of benzene rings is 2. The van der Waals surface area contributed by atoms with E-state index in [2.05, 4.69) is 46.6 Å². The summed E-state index contributed by atoms with van der Waals surface area (Å²) in [4.78, 5) is 20.0.